The number of oxazole rings is 1. The smallest absolute Gasteiger partial charge is 0.167 e. The van der Waals surface area contributed by atoms with E-state index in [2.05, 4.69) is 53.7 Å². The van der Waals surface area contributed by atoms with Gasteiger partial charge in [-0.05, 0) is 16.6 Å². The van der Waals surface area contributed by atoms with Gasteiger partial charge in [0.25, 0.3) is 0 Å². The van der Waals surface area contributed by atoms with Crippen LogP contribution in [0.4, 0.5) is 0 Å². The first kappa shape index (κ1) is 16.0. The molecule has 0 fully saturated rings. The molecule has 0 N–H and O–H groups in total. The summed E-state index contributed by atoms with van der Waals surface area (Å²) in [5.41, 5.74) is 3.95. The maximum absolute atomic E-state index is 6.27. The van der Waals surface area contributed by atoms with Crippen molar-refractivity contribution in [1.29, 1.82) is 0 Å². The Morgan fingerprint density at radius 2 is 1.38 bits per heavy atom. The van der Waals surface area contributed by atoms with Crippen LogP contribution in [0.15, 0.2) is 40.9 Å². The van der Waals surface area contributed by atoms with E-state index in [0.717, 1.165) is 16.8 Å². The van der Waals surface area contributed by atoms with Crippen LogP contribution < -0.4 is 5.51 Å². The van der Waals surface area contributed by atoms with Gasteiger partial charge in [0.05, 0.1) is 6.20 Å². The minimum Gasteiger partial charge on any atom is -0.446 e. The Morgan fingerprint density at radius 3 is 1.86 bits per heavy atom. The van der Waals surface area contributed by atoms with E-state index in [1.165, 1.54) is 0 Å². The molecule has 0 atom stereocenters. The number of hydrogen-bond donors (Lipinski definition) is 0. The molecule has 3 heteroatoms. The molecule has 2 rings (SSSR count). The first-order valence-corrected chi connectivity index (χ1v) is 10.2. The number of benzene rings is 1. The van der Waals surface area contributed by atoms with Gasteiger partial charge in [0.15, 0.2) is 19.3 Å². The summed E-state index contributed by atoms with van der Waals surface area (Å²) in [5.74, 6) is 0.893. The van der Waals surface area contributed by atoms with E-state index in [-0.39, 0.29) is 0 Å². The molecule has 0 aliphatic carbocycles. The lowest BCUT2D eigenvalue weighted by molar-refractivity contribution is 0.594. The highest BCUT2D eigenvalue weighted by atomic mass is 28.3. The van der Waals surface area contributed by atoms with Crippen LogP contribution in [0.5, 0.6) is 0 Å². The summed E-state index contributed by atoms with van der Waals surface area (Å²) in [4.78, 5) is 4.72. The lowest BCUT2D eigenvalue weighted by Gasteiger charge is -2.39. The van der Waals surface area contributed by atoms with Crippen molar-refractivity contribution in [3.8, 4) is 11.3 Å². The molecule has 0 bridgehead atoms. The summed E-state index contributed by atoms with van der Waals surface area (Å²) in [6, 6.07) is 10.3. The van der Waals surface area contributed by atoms with E-state index in [4.69, 9.17) is 9.40 Å². The summed E-state index contributed by atoms with van der Waals surface area (Å²) >= 11 is 0. The first-order chi connectivity index (χ1) is 9.90. The summed E-state index contributed by atoms with van der Waals surface area (Å²) in [6.07, 6.45) is 1.90. The fourth-order valence-electron chi connectivity index (χ4n) is 3.95. The zero-order valence-corrected chi connectivity index (χ0v) is 15.1. The second-order valence-corrected chi connectivity index (χ2v) is 12.6. The molecule has 0 aliphatic rings. The first-order valence-electron chi connectivity index (χ1n) is 7.92. The molecule has 1 aromatic carbocycles. The topological polar surface area (TPSA) is 26.0 Å². The molecule has 2 aromatic rings. The van der Waals surface area contributed by atoms with Crippen molar-refractivity contribution in [3.63, 3.8) is 0 Å². The zero-order chi connectivity index (χ0) is 15.6. The SMILES string of the molecule is CC(C)[Si](c1ncc(-c2ccccc2)o1)(C(C)C)C(C)C. The molecule has 1 aromatic heterocycles. The molecule has 1 heterocycles. The molecule has 0 radical (unpaired) electrons. The lowest BCUT2D eigenvalue weighted by atomic mass is 10.2. The predicted molar refractivity (Wildman–Crippen MR) is 92.6 cm³/mol. The molecule has 0 unspecified atom stereocenters. The Labute approximate surface area is 129 Å². The van der Waals surface area contributed by atoms with Gasteiger partial charge < -0.3 is 4.42 Å². The molecule has 21 heavy (non-hydrogen) atoms. The summed E-state index contributed by atoms with van der Waals surface area (Å²) < 4.78 is 6.27. The maximum Gasteiger partial charge on any atom is 0.167 e. The molecule has 0 spiro atoms. The van der Waals surface area contributed by atoms with E-state index < -0.39 is 8.07 Å². The number of nitrogens with zero attached hydrogens (tertiary/aromatic N) is 1. The third-order valence-corrected chi connectivity index (χ3v) is 11.5. The Bertz CT molecular complexity index is 550. The lowest BCUT2D eigenvalue weighted by Crippen LogP contribution is -2.56. The van der Waals surface area contributed by atoms with Gasteiger partial charge in [-0.1, -0.05) is 71.9 Å². The average molecular weight is 302 g/mol. The standard InChI is InChI=1S/C18H27NOSi/c1-13(2)21(14(3)4,15(5)6)18-19-12-17(20-18)16-10-8-7-9-11-16/h7-15H,1-6H3. The van der Waals surface area contributed by atoms with Crippen molar-refractivity contribution in [2.24, 2.45) is 0 Å². The highest BCUT2D eigenvalue weighted by molar-refractivity contribution is 6.93. The van der Waals surface area contributed by atoms with Crippen LogP contribution in [0.2, 0.25) is 16.6 Å². The van der Waals surface area contributed by atoms with Crippen LogP contribution in [-0.2, 0) is 0 Å². The van der Waals surface area contributed by atoms with E-state index >= 15 is 0 Å². The highest BCUT2D eigenvalue weighted by Crippen LogP contribution is 2.41. The van der Waals surface area contributed by atoms with Crippen LogP contribution in [-0.4, -0.2) is 13.1 Å². The molecule has 0 saturated heterocycles. The average Bonchev–Trinajstić information content (AvgIpc) is 2.89. The van der Waals surface area contributed by atoms with Gasteiger partial charge in [-0.2, -0.15) is 0 Å². The molecule has 0 aliphatic heterocycles. The third kappa shape index (κ3) is 2.71. The van der Waals surface area contributed by atoms with E-state index in [1.54, 1.807) is 0 Å². The van der Waals surface area contributed by atoms with Gasteiger partial charge in [-0.25, -0.2) is 4.98 Å². The fraction of sp³-hybridized carbons (Fsp3) is 0.500. The van der Waals surface area contributed by atoms with E-state index in [1.807, 2.05) is 24.4 Å². The van der Waals surface area contributed by atoms with Gasteiger partial charge in [0.1, 0.15) is 0 Å². The monoisotopic (exact) mass is 301 g/mol. The normalized spacial score (nSPS) is 12.6. The van der Waals surface area contributed by atoms with Gasteiger partial charge in [-0.3, -0.25) is 0 Å². The van der Waals surface area contributed by atoms with Crippen LogP contribution in [0.1, 0.15) is 41.5 Å². The Morgan fingerprint density at radius 1 is 0.857 bits per heavy atom. The van der Waals surface area contributed by atoms with Crippen LogP contribution in [0, 0.1) is 0 Å². The van der Waals surface area contributed by atoms with Gasteiger partial charge in [0, 0.05) is 5.56 Å². The molecular weight excluding hydrogens is 274 g/mol. The Kier molecular flexibility index (Phi) is 4.72. The van der Waals surface area contributed by atoms with Crippen LogP contribution in [0.3, 0.4) is 0 Å². The third-order valence-electron chi connectivity index (χ3n) is 4.80. The largest absolute Gasteiger partial charge is 0.446 e. The van der Waals surface area contributed by atoms with Crippen molar-refractivity contribution in [2.75, 3.05) is 0 Å². The van der Waals surface area contributed by atoms with Gasteiger partial charge in [-0.15, -0.1) is 0 Å². The molecule has 114 valence electrons. The summed E-state index contributed by atoms with van der Waals surface area (Å²) in [7, 11) is -1.79. The second kappa shape index (κ2) is 6.18. The van der Waals surface area contributed by atoms with Crippen LogP contribution >= 0.6 is 0 Å². The Hall–Kier alpha value is -1.35. The van der Waals surface area contributed by atoms with Gasteiger partial charge >= 0.3 is 0 Å². The van der Waals surface area contributed by atoms with E-state index in [9.17, 15) is 0 Å². The van der Waals surface area contributed by atoms with Crippen molar-refractivity contribution in [3.05, 3.63) is 36.5 Å². The van der Waals surface area contributed by atoms with E-state index in [0.29, 0.717) is 16.6 Å². The number of aromatic nitrogens is 1. The molecular formula is C18H27NOSi. The summed E-state index contributed by atoms with van der Waals surface area (Å²) in [5, 5.41) is 0. The number of rotatable bonds is 5. The zero-order valence-electron chi connectivity index (χ0n) is 14.1. The van der Waals surface area contributed by atoms with Crippen LogP contribution in [0.25, 0.3) is 11.3 Å². The minimum absolute atomic E-state index is 0.611. The van der Waals surface area contributed by atoms with Crippen molar-refractivity contribution in [1.82, 2.24) is 4.98 Å². The summed E-state index contributed by atoms with van der Waals surface area (Å²) in [6.45, 7) is 14.0. The number of hydrogen-bond acceptors (Lipinski definition) is 2. The highest BCUT2D eigenvalue weighted by Gasteiger charge is 2.48. The maximum atomic E-state index is 6.27. The second-order valence-electron chi connectivity index (χ2n) is 6.79. The predicted octanol–water partition coefficient (Wildman–Crippen LogP) is 5.23. The fourth-order valence-corrected chi connectivity index (χ4v) is 10.0. The molecule has 0 saturated carbocycles. The Balaban J connectivity index is 2.51. The minimum atomic E-state index is -1.79. The molecule has 2 nitrogen and oxygen atoms in total. The van der Waals surface area contributed by atoms with Crippen molar-refractivity contribution >= 4 is 13.6 Å². The quantitative estimate of drug-likeness (QED) is 0.707. The van der Waals surface area contributed by atoms with Crippen molar-refractivity contribution < 1.29 is 4.42 Å². The van der Waals surface area contributed by atoms with Crippen molar-refractivity contribution in [2.45, 2.75) is 58.2 Å². The molecule has 0 amide bonds. The van der Waals surface area contributed by atoms with Gasteiger partial charge in [0.2, 0.25) is 0 Å².